The van der Waals surface area contributed by atoms with E-state index >= 15 is 0 Å². The van der Waals surface area contributed by atoms with Crippen molar-refractivity contribution in [1.82, 2.24) is 0 Å². The molecular formula is C19H47N. The summed E-state index contributed by atoms with van der Waals surface area (Å²) in [6.07, 6.45) is 6.27. The molecule has 0 bridgehead atoms. The first-order valence-corrected chi connectivity index (χ1v) is 8.55. The van der Waals surface area contributed by atoms with Crippen molar-refractivity contribution in [2.75, 3.05) is 6.54 Å². The summed E-state index contributed by atoms with van der Waals surface area (Å²) in [6, 6.07) is 0. The average molecular weight is 290 g/mol. The second-order valence-corrected chi connectivity index (χ2v) is 1.56. The van der Waals surface area contributed by atoms with Gasteiger partial charge in [0.25, 0.3) is 0 Å². The van der Waals surface area contributed by atoms with E-state index in [9.17, 15) is 0 Å². The fraction of sp³-hybridized carbons (Fsp3) is 0.737. The highest BCUT2D eigenvalue weighted by molar-refractivity contribution is 5.56. The van der Waals surface area contributed by atoms with E-state index in [1.807, 2.05) is 82.4 Å². The summed E-state index contributed by atoms with van der Waals surface area (Å²) in [4.78, 5) is 3.97. The average Bonchev–Trinajstić information content (AvgIpc) is 2.62. The summed E-state index contributed by atoms with van der Waals surface area (Å²) in [5.74, 6) is 0. The Morgan fingerprint density at radius 1 is 0.650 bits per heavy atom. The van der Waals surface area contributed by atoms with Crippen molar-refractivity contribution in [3.05, 3.63) is 25.3 Å². The molecule has 1 heteroatoms. The lowest BCUT2D eigenvalue weighted by Gasteiger charge is -1.74. The molecule has 0 unspecified atom stereocenters. The molecule has 20 heavy (non-hydrogen) atoms. The van der Waals surface area contributed by atoms with E-state index in [1.54, 1.807) is 12.2 Å². The van der Waals surface area contributed by atoms with Crippen LogP contribution in [0.25, 0.3) is 0 Å². The SMILES string of the molecule is C=CC=C.CC.CC.CC.CC.CC.CCC=NCC. The van der Waals surface area contributed by atoms with Crippen molar-refractivity contribution in [3.8, 4) is 0 Å². The summed E-state index contributed by atoms with van der Waals surface area (Å²) in [6.45, 7) is 31.8. The lowest BCUT2D eigenvalue weighted by molar-refractivity contribution is 1.12. The predicted octanol–water partition coefficient (Wildman–Crippen LogP) is 7.98. The first-order chi connectivity index (χ1) is 9.83. The van der Waals surface area contributed by atoms with E-state index in [2.05, 4.69) is 25.1 Å². The van der Waals surface area contributed by atoms with Crippen LogP contribution >= 0.6 is 0 Å². The Morgan fingerprint density at radius 2 is 0.900 bits per heavy atom. The molecule has 0 aliphatic heterocycles. The number of rotatable bonds is 3. The largest absolute Gasteiger partial charge is 0.298 e. The zero-order chi connectivity index (χ0) is 18.2. The Hall–Kier alpha value is -0.850. The van der Waals surface area contributed by atoms with Crippen LogP contribution < -0.4 is 0 Å². The van der Waals surface area contributed by atoms with Crippen LogP contribution in [0.5, 0.6) is 0 Å². The third kappa shape index (κ3) is 451. The molecule has 0 aromatic heterocycles. The zero-order valence-electron chi connectivity index (χ0n) is 17.0. The van der Waals surface area contributed by atoms with Gasteiger partial charge in [0.05, 0.1) is 0 Å². The van der Waals surface area contributed by atoms with Crippen molar-refractivity contribution in [3.63, 3.8) is 0 Å². The third-order valence-electron chi connectivity index (χ3n) is 0.661. The maximum absolute atomic E-state index is 3.97. The highest BCUT2D eigenvalue weighted by Crippen LogP contribution is 1.66. The van der Waals surface area contributed by atoms with E-state index in [1.165, 1.54) is 0 Å². The van der Waals surface area contributed by atoms with Gasteiger partial charge in [-0.25, -0.2) is 0 Å². The van der Waals surface area contributed by atoms with Crippen molar-refractivity contribution in [1.29, 1.82) is 0 Å². The molecule has 128 valence electrons. The van der Waals surface area contributed by atoms with Crippen molar-refractivity contribution < 1.29 is 0 Å². The Labute approximate surface area is 133 Å². The molecule has 0 rings (SSSR count). The lowest BCUT2D eigenvalue weighted by Crippen LogP contribution is -1.68. The maximum Gasteiger partial charge on any atom is 0.0357 e. The van der Waals surface area contributed by atoms with Crippen LogP contribution in [0.15, 0.2) is 30.3 Å². The summed E-state index contributed by atoms with van der Waals surface area (Å²) >= 11 is 0. The normalized spacial score (nSPS) is 5.60. The van der Waals surface area contributed by atoms with E-state index in [0.29, 0.717) is 0 Å². The quantitative estimate of drug-likeness (QED) is 0.369. The number of allylic oxidation sites excluding steroid dienone is 2. The molecule has 0 N–H and O–H groups in total. The van der Waals surface area contributed by atoms with Crippen LogP contribution in [0.2, 0.25) is 0 Å². The second kappa shape index (κ2) is 201. The molecule has 0 radical (unpaired) electrons. The van der Waals surface area contributed by atoms with Gasteiger partial charge >= 0.3 is 0 Å². The highest BCUT2D eigenvalue weighted by atomic mass is 14.7. The molecule has 0 aromatic rings. The van der Waals surface area contributed by atoms with Crippen LogP contribution in [0, 0.1) is 0 Å². The zero-order valence-corrected chi connectivity index (χ0v) is 17.0. The third-order valence-corrected chi connectivity index (χ3v) is 0.661. The van der Waals surface area contributed by atoms with E-state index in [4.69, 9.17) is 0 Å². The molecule has 0 heterocycles. The lowest BCUT2D eigenvalue weighted by atomic mass is 10.5. The van der Waals surface area contributed by atoms with Gasteiger partial charge in [0, 0.05) is 6.54 Å². The van der Waals surface area contributed by atoms with Crippen LogP contribution in [-0.4, -0.2) is 12.8 Å². The van der Waals surface area contributed by atoms with Crippen molar-refractivity contribution in [2.45, 2.75) is 89.5 Å². The molecule has 0 saturated carbocycles. The Balaban J connectivity index is -0.0000000214. The smallest absolute Gasteiger partial charge is 0.0357 e. The van der Waals surface area contributed by atoms with Crippen LogP contribution in [0.1, 0.15) is 89.5 Å². The molecule has 0 amide bonds. The van der Waals surface area contributed by atoms with Gasteiger partial charge in [-0.1, -0.05) is 101 Å². The minimum absolute atomic E-state index is 0.924. The fourth-order valence-electron chi connectivity index (χ4n) is 0.258. The van der Waals surface area contributed by atoms with E-state index in [0.717, 1.165) is 13.0 Å². The molecular weight excluding hydrogens is 242 g/mol. The van der Waals surface area contributed by atoms with Gasteiger partial charge < -0.3 is 0 Å². The standard InChI is InChI=1S/C5H11N.C4H6.5C2H6/c1-3-5-6-4-2;1-3-4-2;5*1-2/h5H,3-4H2,1-2H3;3-4H,1-2H2;5*1-2H3. The van der Waals surface area contributed by atoms with Gasteiger partial charge in [0.15, 0.2) is 0 Å². The number of nitrogens with zero attached hydrogens (tertiary/aromatic N) is 1. The molecule has 0 aromatic carbocycles. The maximum atomic E-state index is 3.97. The summed E-state index contributed by atoms with van der Waals surface area (Å²) in [7, 11) is 0. The van der Waals surface area contributed by atoms with Gasteiger partial charge in [0.2, 0.25) is 0 Å². The number of aliphatic imine (C=N–C) groups is 1. The first kappa shape index (κ1) is 42.7. The molecule has 1 nitrogen and oxygen atoms in total. The number of hydrogen-bond donors (Lipinski definition) is 0. The van der Waals surface area contributed by atoms with Crippen LogP contribution in [0.3, 0.4) is 0 Å². The molecule has 0 saturated heterocycles. The molecule has 0 spiro atoms. The fourth-order valence-corrected chi connectivity index (χ4v) is 0.258. The van der Waals surface area contributed by atoms with Crippen LogP contribution in [0.4, 0.5) is 0 Å². The topological polar surface area (TPSA) is 12.4 Å². The Bertz CT molecular complexity index is 81.9. The molecule has 0 aliphatic rings. The predicted molar refractivity (Wildman–Crippen MR) is 106 cm³/mol. The number of hydrogen-bond acceptors (Lipinski definition) is 1. The van der Waals surface area contributed by atoms with E-state index < -0.39 is 0 Å². The van der Waals surface area contributed by atoms with Crippen molar-refractivity contribution >= 4 is 6.21 Å². The molecule has 0 fully saturated rings. The van der Waals surface area contributed by atoms with Gasteiger partial charge in [-0.05, 0) is 19.6 Å². The Kier molecular flexibility index (Phi) is 430. The van der Waals surface area contributed by atoms with Crippen LogP contribution in [-0.2, 0) is 0 Å². The monoisotopic (exact) mass is 289 g/mol. The summed E-state index contributed by atoms with van der Waals surface area (Å²) in [5.41, 5.74) is 0. The minimum atomic E-state index is 0.924. The molecule has 0 aliphatic carbocycles. The van der Waals surface area contributed by atoms with Gasteiger partial charge in [-0.2, -0.15) is 0 Å². The first-order valence-electron chi connectivity index (χ1n) is 8.55. The summed E-state index contributed by atoms with van der Waals surface area (Å²) in [5, 5.41) is 0. The van der Waals surface area contributed by atoms with E-state index in [-0.39, 0.29) is 0 Å². The second-order valence-electron chi connectivity index (χ2n) is 1.56. The summed E-state index contributed by atoms with van der Waals surface area (Å²) < 4.78 is 0. The Morgan fingerprint density at radius 3 is 0.950 bits per heavy atom. The van der Waals surface area contributed by atoms with Gasteiger partial charge in [0.1, 0.15) is 0 Å². The highest BCUT2D eigenvalue weighted by Gasteiger charge is 1.60. The minimum Gasteiger partial charge on any atom is -0.298 e. The van der Waals surface area contributed by atoms with Gasteiger partial charge in [-0.3, -0.25) is 4.99 Å². The molecule has 0 atom stereocenters. The van der Waals surface area contributed by atoms with Gasteiger partial charge in [-0.15, -0.1) is 0 Å². The van der Waals surface area contributed by atoms with Crippen molar-refractivity contribution in [2.24, 2.45) is 4.99 Å².